The maximum absolute atomic E-state index is 12.6. The third kappa shape index (κ3) is 3.42. The number of anilines is 1. The number of rotatable bonds is 4. The van der Waals surface area contributed by atoms with Crippen LogP contribution in [0.4, 0.5) is 5.69 Å². The first kappa shape index (κ1) is 18.7. The summed E-state index contributed by atoms with van der Waals surface area (Å²) in [5, 5.41) is 4.70. The number of hydrogen-bond donors (Lipinski definition) is 0. The second-order valence-corrected chi connectivity index (χ2v) is 7.95. The molecule has 1 fully saturated rings. The molecule has 1 amide bonds. The topological polar surface area (TPSA) is 59.2 Å². The predicted molar refractivity (Wildman–Crippen MR) is 110 cm³/mol. The standard InChI is InChI=1S/C22H22ClN3O2/c1-13(2)15-7-9-16(10-8-15)21-24-22(28-25-21)17-11-19(27)26(12-17)20-14(3)5-4-6-18(20)23/h4-10,13,17H,11-12H2,1-3H3. The van der Waals surface area contributed by atoms with Gasteiger partial charge < -0.3 is 9.42 Å². The first-order valence-electron chi connectivity index (χ1n) is 9.43. The molecule has 28 heavy (non-hydrogen) atoms. The molecule has 1 atom stereocenters. The quantitative estimate of drug-likeness (QED) is 0.598. The minimum absolute atomic E-state index is 0.0160. The zero-order valence-corrected chi connectivity index (χ0v) is 16.9. The molecule has 0 N–H and O–H groups in total. The van der Waals surface area contributed by atoms with Gasteiger partial charge in [0.25, 0.3) is 0 Å². The van der Waals surface area contributed by atoms with Gasteiger partial charge in [0.15, 0.2) is 0 Å². The van der Waals surface area contributed by atoms with Gasteiger partial charge in [0, 0.05) is 18.5 Å². The van der Waals surface area contributed by atoms with Crippen LogP contribution in [-0.2, 0) is 4.79 Å². The van der Waals surface area contributed by atoms with E-state index < -0.39 is 0 Å². The minimum atomic E-state index is -0.139. The van der Waals surface area contributed by atoms with Crippen molar-refractivity contribution in [3.05, 3.63) is 64.5 Å². The molecule has 2 heterocycles. The Morgan fingerprint density at radius 3 is 2.61 bits per heavy atom. The van der Waals surface area contributed by atoms with Crippen LogP contribution in [0.25, 0.3) is 11.4 Å². The lowest BCUT2D eigenvalue weighted by atomic mass is 10.0. The third-order valence-electron chi connectivity index (χ3n) is 5.21. The fourth-order valence-corrected chi connectivity index (χ4v) is 3.91. The van der Waals surface area contributed by atoms with Crippen molar-refractivity contribution in [3.8, 4) is 11.4 Å². The van der Waals surface area contributed by atoms with E-state index in [2.05, 4.69) is 36.1 Å². The highest BCUT2D eigenvalue weighted by Gasteiger charge is 2.36. The highest BCUT2D eigenvalue weighted by molar-refractivity contribution is 6.34. The van der Waals surface area contributed by atoms with E-state index in [0.717, 1.165) is 16.8 Å². The number of amides is 1. The summed E-state index contributed by atoms with van der Waals surface area (Å²) in [5.74, 6) is 1.38. The van der Waals surface area contributed by atoms with Gasteiger partial charge in [-0.15, -0.1) is 0 Å². The van der Waals surface area contributed by atoms with Gasteiger partial charge in [-0.2, -0.15) is 4.98 Å². The van der Waals surface area contributed by atoms with E-state index >= 15 is 0 Å². The average molecular weight is 396 g/mol. The summed E-state index contributed by atoms with van der Waals surface area (Å²) in [6, 6.07) is 13.8. The smallest absolute Gasteiger partial charge is 0.232 e. The molecule has 1 aromatic heterocycles. The summed E-state index contributed by atoms with van der Waals surface area (Å²) < 4.78 is 5.50. The molecular weight excluding hydrogens is 374 g/mol. The summed E-state index contributed by atoms with van der Waals surface area (Å²) in [4.78, 5) is 18.9. The lowest BCUT2D eigenvalue weighted by molar-refractivity contribution is -0.117. The van der Waals surface area contributed by atoms with E-state index in [1.165, 1.54) is 5.56 Å². The van der Waals surface area contributed by atoms with Crippen molar-refractivity contribution in [1.82, 2.24) is 10.1 Å². The molecule has 6 heteroatoms. The van der Waals surface area contributed by atoms with E-state index in [-0.39, 0.29) is 11.8 Å². The van der Waals surface area contributed by atoms with Gasteiger partial charge >= 0.3 is 0 Å². The Morgan fingerprint density at radius 2 is 1.93 bits per heavy atom. The van der Waals surface area contributed by atoms with Gasteiger partial charge in [0.2, 0.25) is 17.6 Å². The average Bonchev–Trinajstić information content (AvgIpc) is 3.29. The SMILES string of the molecule is Cc1cccc(Cl)c1N1CC(c2nc(-c3ccc(C(C)C)cc3)no2)CC1=O. The van der Waals surface area contributed by atoms with Gasteiger partial charge in [-0.05, 0) is 30.0 Å². The van der Waals surface area contributed by atoms with Gasteiger partial charge in [-0.25, -0.2) is 0 Å². The van der Waals surface area contributed by atoms with Crippen LogP contribution in [0.5, 0.6) is 0 Å². The number of aromatic nitrogens is 2. The predicted octanol–water partition coefficient (Wildman–Crippen LogP) is 5.34. The summed E-state index contributed by atoms with van der Waals surface area (Å²) in [5.41, 5.74) is 3.90. The first-order chi connectivity index (χ1) is 13.4. The van der Waals surface area contributed by atoms with E-state index in [4.69, 9.17) is 16.1 Å². The molecular formula is C22H22ClN3O2. The highest BCUT2D eigenvalue weighted by Crippen LogP contribution is 2.37. The van der Waals surface area contributed by atoms with Crippen molar-refractivity contribution in [2.75, 3.05) is 11.4 Å². The van der Waals surface area contributed by atoms with Crippen molar-refractivity contribution >= 4 is 23.2 Å². The Balaban J connectivity index is 1.56. The molecule has 1 aliphatic heterocycles. The van der Waals surface area contributed by atoms with Crippen molar-refractivity contribution in [3.63, 3.8) is 0 Å². The molecule has 2 aromatic carbocycles. The van der Waals surface area contributed by atoms with E-state index in [0.29, 0.717) is 35.6 Å². The Bertz CT molecular complexity index is 991. The second-order valence-electron chi connectivity index (χ2n) is 7.54. The summed E-state index contributed by atoms with van der Waals surface area (Å²) in [6.45, 7) is 6.75. The highest BCUT2D eigenvalue weighted by atomic mass is 35.5. The number of carbonyl (C=O) groups is 1. The van der Waals surface area contributed by atoms with Crippen LogP contribution in [0.3, 0.4) is 0 Å². The van der Waals surface area contributed by atoms with Gasteiger partial charge in [-0.3, -0.25) is 4.79 Å². The van der Waals surface area contributed by atoms with E-state index in [1.807, 2.05) is 31.2 Å². The zero-order chi connectivity index (χ0) is 19.8. The van der Waals surface area contributed by atoms with Crippen LogP contribution in [0.1, 0.15) is 49.1 Å². The molecule has 0 saturated carbocycles. The molecule has 1 saturated heterocycles. The molecule has 0 aliphatic carbocycles. The second kappa shape index (κ2) is 7.40. The summed E-state index contributed by atoms with van der Waals surface area (Å²) in [6.07, 6.45) is 0.332. The van der Waals surface area contributed by atoms with Crippen LogP contribution in [-0.4, -0.2) is 22.6 Å². The Morgan fingerprint density at radius 1 is 1.18 bits per heavy atom. The largest absolute Gasteiger partial charge is 0.339 e. The van der Waals surface area contributed by atoms with Crippen molar-refractivity contribution in [2.24, 2.45) is 0 Å². The van der Waals surface area contributed by atoms with Crippen molar-refractivity contribution < 1.29 is 9.32 Å². The molecule has 0 bridgehead atoms. The number of nitrogens with zero attached hydrogens (tertiary/aromatic N) is 3. The molecule has 4 rings (SSSR count). The number of para-hydroxylation sites is 1. The Labute approximate surface area is 169 Å². The fraction of sp³-hybridized carbons (Fsp3) is 0.318. The van der Waals surface area contributed by atoms with Crippen molar-refractivity contribution in [1.29, 1.82) is 0 Å². The maximum Gasteiger partial charge on any atom is 0.232 e. The van der Waals surface area contributed by atoms with Crippen LogP contribution in [0.15, 0.2) is 47.0 Å². The maximum atomic E-state index is 12.6. The Hall–Kier alpha value is -2.66. The molecule has 3 aromatic rings. The summed E-state index contributed by atoms with van der Waals surface area (Å²) in [7, 11) is 0. The molecule has 0 spiro atoms. The lowest BCUT2D eigenvalue weighted by Crippen LogP contribution is -2.25. The zero-order valence-electron chi connectivity index (χ0n) is 16.1. The van der Waals surface area contributed by atoms with Crippen LogP contribution in [0, 0.1) is 6.92 Å². The molecule has 5 nitrogen and oxygen atoms in total. The number of carbonyl (C=O) groups excluding carboxylic acids is 1. The summed E-state index contributed by atoms with van der Waals surface area (Å²) >= 11 is 6.34. The van der Waals surface area contributed by atoms with E-state index in [1.54, 1.807) is 11.0 Å². The normalized spacial score (nSPS) is 17.0. The van der Waals surface area contributed by atoms with Gasteiger partial charge in [0.05, 0.1) is 16.6 Å². The van der Waals surface area contributed by atoms with Crippen LogP contribution < -0.4 is 4.90 Å². The van der Waals surface area contributed by atoms with Gasteiger partial charge in [-0.1, -0.05) is 67.0 Å². The minimum Gasteiger partial charge on any atom is -0.339 e. The molecule has 1 aliphatic rings. The first-order valence-corrected chi connectivity index (χ1v) is 9.81. The lowest BCUT2D eigenvalue weighted by Gasteiger charge is -2.20. The Kier molecular flexibility index (Phi) is 4.94. The molecule has 144 valence electrons. The molecule has 1 unspecified atom stereocenters. The number of hydrogen-bond acceptors (Lipinski definition) is 4. The number of aryl methyl sites for hydroxylation is 1. The number of benzene rings is 2. The fourth-order valence-electron chi connectivity index (χ4n) is 3.59. The third-order valence-corrected chi connectivity index (χ3v) is 5.51. The van der Waals surface area contributed by atoms with Crippen LogP contribution in [0.2, 0.25) is 5.02 Å². The van der Waals surface area contributed by atoms with Gasteiger partial charge in [0.1, 0.15) is 0 Å². The molecule has 0 radical (unpaired) electrons. The monoisotopic (exact) mass is 395 g/mol. The van der Waals surface area contributed by atoms with Crippen LogP contribution >= 0.6 is 11.6 Å². The number of halogens is 1. The van der Waals surface area contributed by atoms with E-state index in [9.17, 15) is 4.79 Å². The van der Waals surface area contributed by atoms with Crippen molar-refractivity contribution in [2.45, 2.75) is 39.0 Å².